The number of allylic oxidation sites excluding steroid dienone is 11. The topological polar surface area (TPSA) is 175 Å². The Kier molecular flexibility index (Phi) is 53.1. The van der Waals surface area contributed by atoms with E-state index in [9.17, 15) is 35.1 Å². The fraction of sp³-hybridized carbons (Fsp3) is 0.797. The molecule has 0 aromatic heterocycles. The van der Waals surface area contributed by atoms with E-state index in [1.807, 2.05) is 6.08 Å². The van der Waals surface area contributed by atoms with Gasteiger partial charge in [-0.2, -0.15) is 0 Å². The molecule has 1 amide bonds. The van der Waals surface area contributed by atoms with Gasteiger partial charge in [-0.05, 0) is 96.3 Å². The van der Waals surface area contributed by atoms with E-state index in [0.29, 0.717) is 12.8 Å². The molecule has 8 atom stereocenters. The predicted octanol–water partition coefficient (Wildman–Crippen LogP) is 16.3. The van der Waals surface area contributed by atoms with Gasteiger partial charge in [0.25, 0.3) is 0 Å². The number of nitrogens with one attached hydrogen (secondary N) is 1. The van der Waals surface area contributed by atoms with E-state index < -0.39 is 67.4 Å². The number of esters is 1. The third-order valence-corrected chi connectivity index (χ3v) is 15.3. The summed E-state index contributed by atoms with van der Waals surface area (Å²) in [5.41, 5.74) is 0. The average Bonchev–Trinajstić information content (AvgIpc) is 3.45. The largest absolute Gasteiger partial charge is 0.454 e. The minimum atomic E-state index is -1.62. The second-order valence-corrected chi connectivity index (χ2v) is 22.8. The molecular weight excluding hydrogens is 1000 g/mol. The molecule has 11 nitrogen and oxygen atoms in total. The quantitative estimate of drug-likeness (QED) is 0.0195. The van der Waals surface area contributed by atoms with Crippen LogP contribution < -0.4 is 5.32 Å². The number of amides is 1. The van der Waals surface area contributed by atoms with E-state index in [4.69, 9.17) is 14.2 Å². The minimum Gasteiger partial charge on any atom is -0.454 e. The van der Waals surface area contributed by atoms with Crippen LogP contribution in [0.4, 0.5) is 0 Å². The van der Waals surface area contributed by atoms with E-state index >= 15 is 0 Å². The second-order valence-electron chi connectivity index (χ2n) is 22.8. The zero-order valence-electron chi connectivity index (χ0n) is 51.4. The third kappa shape index (κ3) is 43.7. The minimum absolute atomic E-state index is 0.113. The number of rotatable bonds is 56. The fourth-order valence-corrected chi connectivity index (χ4v) is 10.0. The molecule has 11 heteroatoms. The fourth-order valence-electron chi connectivity index (χ4n) is 10.0. The van der Waals surface area contributed by atoms with Crippen LogP contribution in [0.15, 0.2) is 72.9 Å². The number of hydrogen-bond acceptors (Lipinski definition) is 10. The number of carbonyl (C=O) groups is 2. The summed E-state index contributed by atoms with van der Waals surface area (Å²) in [6.07, 6.45) is 62.2. The molecular formula is C69H123NO10. The van der Waals surface area contributed by atoms with Crippen molar-refractivity contribution in [3.8, 4) is 0 Å². The van der Waals surface area contributed by atoms with Crippen LogP contribution in [-0.4, -0.2) is 99.6 Å². The zero-order valence-corrected chi connectivity index (χ0v) is 51.4. The molecule has 1 aliphatic rings. The summed E-state index contributed by atoms with van der Waals surface area (Å²) in [7, 11) is 0. The zero-order chi connectivity index (χ0) is 58.2. The molecule has 0 bridgehead atoms. The Bertz CT molecular complexity index is 1580. The summed E-state index contributed by atoms with van der Waals surface area (Å²) in [5.74, 6) is -1.21. The van der Waals surface area contributed by atoms with Gasteiger partial charge in [0, 0.05) is 6.42 Å². The van der Waals surface area contributed by atoms with Crippen molar-refractivity contribution in [1.29, 1.82) is 0 Å². The highest BCUT2D eigenvalue weighted by Crippen LogP contribution is 2.26. The van der Waals surface area contributed by atoms with Crippen LogP contribution in [0, 0.1) is 0 Å². The highest BCUT2D eigenvalue weighted by molar-refractivity contribution is 5.80. The lowest BCUT2D eigenvalue weighted by atomic mass is 9.99. The Balaban J connectivity index is 2.61. The van der Waals surface area contributed by atoms with Crippen LogP contribution in [0.1, 0.15) is 290 Å². The smallest absolute Gasteiger partial charge is 0.306 e. The van der Waals surface area contributed by atoms with Gasteiger partial charge in [-0.3, -0.25) is 9.59 Å². The van der Waals surface area contributed by atoms with Gasteiger partial charge >= 0.3 is 5.97 Å². The van der Waals surface area contributed by atoms with Gasteiger partial charge < -0.3 is 45.1 Å². The van der Waals surface area contributed by atoms with Crippen molar-refractivity contribution >= 4 is 11.9 Å². The van der Waals surface area contributed by atoms with E-state index in [-0.39, 0.29) is 19.4 Å². The SMILES string of the molecule is CCCCC/C=C\C/C=C\C/C=C\C/C=C\CCCCCCCCCCCC(=O)OC1C(OCC(NC(=O)C(O)CCCC/C=C\CCCCCCCCC)C(O)/C=C/CCCCCCCCCCCCC)OC(CO)C(O)C1O. The second kappa shape index (κ2) is 56.6. The third-order valence-electron chi connectivity index (χ3n) is 15.3. The van der Waals surface area contributed by atoms with Crippen LogP contribution in [0.3, 0.4) is 0 Å². The summed E-state index contributed by atoms with van der Waals surface area (Å²) >= 11 is 0. The van der Waals surface area contributed by atoms with Crippen LogP contribution >= 0.6 is 0 Å². The maximum Gasteiger partial charge on any atom is 0.306 e. The normalized spacial score (nSPS) is 19.2. The van der Waals surface area contributed by atoms with Crippen LogP contribution in [0.5, 0.6) is 0 Å². The van der Waals surface area contributed by atoms with Gasteiger partial charge in [-0.15, -0.1) is 0 Å². The number of hydrogen-bond donors (Lipinski definition) is 6. The Morgan fingerprint density at radius 3 is 1.32 bits per heavy atom. The maximum atomic E-state index is 13.4. The Morgan fingerprint density at radius 1 is 0.487 bits per heavy atom. The van der Waals surface area contributed by atoms with Crippen molar-refractivity contribution in [1.82, 2.24) is 5.32 Å². The molecule has 6 N–H and O–H groups in total. The van der Waals surface area contributed by atoms with Crippen LogP contribution in [-0.2, 0) is 23.8 Å². The molecule has 8 unspecified atom stereocenters. The molecule has 0 aromatic carbocycles. The molecule has 0 aromatic rings. The molecule has 80 heavy (non-hydrogen) atoms. The lowest BCUT2D eigenvalue weighted by Crippen LogP contribution is -2.61. The first kappa shape index (κ1) is 75.1. The van der Waals surface area contributed by atoms with Gasteiger partial charge in [0.1, 0.15) is 24.4 Å². The predicted molar refractivity (Wildman–Crippen MR) is 333 cm³/mol. The summed E-state index contributed by atoms with van der Waals surface area (Å²) in [5, 5.41) is 57.0. The number of aliphatic hydroxyl groups is 5. The van der Waals surface area contributed by atoms with Crippen molar-refractivity contribution in [2.75, 3.05) is 13.2 Å². The Morgan fingerprint density at radius 2 is 0.863 bits per heavy atom. The van der Waals surface area contributed by atoms with Gasteiger partial charge in [0.05, 0.1) is 25.4 Å². The van der Waals surface area contributed by atoms with Gasteiger partial charge in [-0.25, -0.2) is 0 Å². The Hall–Kier alpha value is -2.90. The lowest BCUT2D eigenvalue weighted by Gasteiger charge is -2.41. The van der Waals surface area contributed by atoms with E-state index in [2.05, 4.69) is 86.8 Å². The summed E-state index contributed by atoms with van der Waals surface area (Å²) in [6.45, 7) is 5.76. The monoisotopic (exact) mass is 1130 g/mol. The highest BCUT2D eigenvalue weighted by Gasteiger charge is 2.47. The lowest BCUT2D eigenvalue weighted by molar-refractivity contribution is -0.305. The molecule has 0 saturated carbocycles. The van der Waals surface area contributed by atoms with Crippen molar-refractivity contribution < 1.29 is 49.3 Å². The standard InChI is InChI=1S/C69H123NO10/c1-4-7-10-13-16-19-22-25-26-27-28-29-30-31-32-33-34-35-36-39-42-45-48-51-54-57-64(74)80-67-66(76)65(75)63(58-71)79-69(67)78-59-60(61(72)55-52-49-46-43-40-37-23-20-17-14-11-8-5-2)70-68(77)62(73)56-53-50-47-44-41-38-24-21-18-15-12-9-6-3/h16,19,25-26,28-29,31-32,41,44,52,55,60-63,65-67,69,71-73,75-76H,4-15,17-18,20-24,27,30,33-40,42-43,45-51,53-54,56-59H2,1-3H3,(H,70,77)/b19-16-,26-25-,29-28-,32-31-,44-41-,55-52+. The van der Waals surface area contributed by atoms with E-state index in [0.717, 1.165) is 89.9 Å². The first-order chi connectivity index (χ1) is 39.2. The average molecular weight is 1130 g/mol. The molecule has 1 heterocycles. The molecule has 0 radical (unpaired) electrons. The number of aliphatic hydroxyl groups excluding tert-OH is 5. The molecule has 0 aliphatic carbocycles. The summed E-state index contributed by atoms with van der Waals surface area (Å²) in [6, 6.07) is -1.03. The molecule has 0 spiro atoms. The van der Waals surface area contributed by atoms with Gasteiger partial charge in [0.2, 0.25) is 5.91 Å². The van der Waals surface area contributed by atoms with Crippen LogP contribution in [0.25, 0.3) is 0 Å². The first-order valence-corrected chi connectivity index (χ1v) is 33.2. The first-order valence-electron chi connectivity index (χ1n) is 33.2. The van der Waals surface area contributed by atoms with Gasteiger partial charge in [0.15, 0.2) is 12.4 Å². The summed E-state index contributed by atoms with van der Waals surface area (Å²) in [4.78, 5) is 26.6. The molecule has 464 valence electrons. The summed E-state index contributed by atoms with van der Waals surface area (Å²) < 4.78 is 17.6. The molecule has 1 aliphatic heterocycles. The molecule has 1 saturated heterocycles. The number of unbranched alkanes of at least 4 members (excludes halogenated alkanes) is 32. The van der Waals surface area contributed by atoms with Crippen molar-refractivity contribution in [2.24, 2.45) is 0 Å². The molecule has 1 fully saturated rings. The Labute approximate surface area is 490 Å². The van der Waals surface area contributed by atoms with Crippen molar-refractivity contribution in [3.63, 3.8) is 0 Å². The number of carbonyl (C=O) groups excluding carboxylic acids is 2. The van der Waals surface area contributed by atoms with Crippen molar-refractivity contribution in [3.05, 3.63) is 72.9 Å². The highest BCUT2D eigenvalue weighted by atomic mass is 16.7. The molecule has 1 rings (SSSR count). The number of ether oxygens (including phenoxy) is 3. The van der Waals surface area contributed by atoms with Gasteiger partial charge in [-0.1, -0.05) is 261 Å². The maximum absolute atomic E-state index is 13.4. The van der Waals surface area contributed by atoms with E-state index in [1.165, 1.54) is 154 Å². The van der Waals surface area contributed by atoms with E-state index in [1.54, 1.807) is 6.08 Å². The van der Waals surface area contributed by atoms with Crippen molar-refractivity contribution in [2.45, 2.75) is 339 Å². The van der Waals surface area contributed by atoms with Crippen LogP contribution in [0.2, 0.25) is 0 Å².